The molecular formula is C18H21FN4O. The molecule has 0 radical (unpaired) electrons. The van der Waals surface area contributed by atoms with Crippen LogP contribution < -0.4 is 10.6 Å². The molecule has 1 fully saturated rings. The van der Waals surface area contributed by atoms with Crippen molar-refractivity contribution in [1.82, 2.24) is 15.3 Å². The Labute approximate surface area is 140 Å². The van der Waals surface area contributed by atoms with Crippen LogP contribution in [0.2, 0.25) is 0 Å². The Morgan fingerprint density at radius 2 is 1.83 bits per heavy atom. The van der Waals surface area contributed by atoms with Gasteiger partial charge in [0.1, 0.15) is 23.7 Å². The topological polar surface area (TPSA) is 66.9 Å². The number of rotatable bonds is 4. The first-order valence-electron chi connectivity index (χ1n) is 8.37. The lowest BCUT2D eigenvalue weighted by Crippen LogP contribution is -2.34. The van der Waals surface area contributed by atoms with Gasteiger partial charge in [-0.1, -0.05) is 37.8 Å². The maximum absolute atomic E-state index is 13.7. The van der Waals surface area contributed by atoms with Crippen molar-refractivity contribution in [3.63, 3.8) is 0 Å². The van der Waals surface area contributed by atoms with Gasteiger partial charge >= 0.3 is 0 Å². The fourth-order valence-corrected chi connectivity index (χ4v) is 2.93. The summed E-state index contributed by atoms with van der Waals surface area (Å²) >= 11 is 0. The van der Waals surface area contributed by atoms with Crippen molar-refractivity contribution >= 4 is 17.4 Å². The first kappa shape index (κ1) is 16.4. The van der Waals surface area contributed by atoms with Crippen molar-refractivity contribution in [2.24, 2.45) is 0 Å². The van der Waals surface area contributed by atoms with Gasteiger partial charge in [-0.05, 0) is 25.0 Å². The van der Waals surface area contributed by atoms with Crippen LogP contribution in [0, 0.1) is 5.82 Å². The number of nitrogens with zero attached hydrogens (tertiary/aromatic N) is 2. The van der Waals surface area contributed by atoms with Crippen LogP contribution in [0.4, 0.5) is 15.9 Å². The third-order valence-corrected chi connectivity index (χ3v) is 4.23. The van der Waals surface area contributed by atoms with Crippen LogP contribution in [0.3, 0.4) is 0 Å². The molecule has 1 heterocycles. The van der Waals surface area contributed by atoms with Crippen LogP contribution in [-0.2, 0) is 0 Å². The molecule has 1 aliphatic rings. The van der Waals surface area contributed by atoms with Crippen LogP contribution in [0.5, 0.6) is 0 Å². The largest absolute Gasteiger partial charge is 0.348 e. The highest BCUT2D eigenvalue weighted by Gasteiger charge is 2.17. The normalized spacial score (nSPS) is 15.5. The number of carbonyl (C=O) groups is 1. The maximum Gasteiger partial charge on any atom is 0.270 e. The van der Waals surface area contributed by atoms with E-state index in [-0.39, 0.29) is 23.5 Å². The highest BCUT2D eigenvalue weighted by Crippen LogP contribution is 2.19. The summed E-state index contributed by atoms with van der Waals surface area (Å²) in [5, 5.41) is 5.92. The summed E-state index contributed by atoms with van der Waals surface area (Å²) in [4.78, 5) is 20.5. The van der Waals surface area contributed by atoms with E-state index in [0.717, 1.165) is 25.7 Å². The smallest absolute Gasteiger partial charge is 0.270 e. The fourth-order valence-electron chi connectivity index (χ4n) is 2.93. The zero-order valence-electron chi connectivity index (χ0n) is 13.5. The SMILES string of the molecule is O=C(NC1CCCCCC1)c1cc(Nc2ccccc2F)ncn1. The molecule has 0 atom stereocenters. The Balaban J connectivity index is 1.68. The number of carbonyl (C=O) groups excluding carboxylic acids is 1. The van der Waals surface area contributed by atoms with Gasteiger partial charge in [0.05, 0.1) is 5.69 Å². The lowest BCUT2D eigenvalue weighted by atomic mass is 10.1. The molecule has 0 spiro atoms. The van der Waals surface area contributed by atoms with Crippen LogP contribution in [-0.4, -0.2) is 21.9 Å². The summed E-state index contributed by atoms with van der Waals surface area (Å²) in [6, 6.07) is 8.07. The molecule has 3 rings (SSSR count). The third kappa shape index (κ3) is 4.28. The second-order valence-electron chi connectivity index (χ2n) is 6.06. The van der Waals surface area contributed by atoms with Gasteiger partial charge in [-0.2, -0.15) is 0 Å². The van der Waals surface area contributed by atoms with Gasteiger partial charge in [-0.25, -0.2) is 14.4 Å². The van der Waals surface area contributed by atoms with E-state index in [1.807, 2.05) is 0 Å². The second-order valence-corrected chi connectivity index (χ2v) is 6.06. The van der Waals surface area contributed by atoms with Gasteiger partial charge in [-0.3, -0.25) is 4.79 Å². The van der Waals surface area contributed by atoms with Crippen molar-refractivity contribution in [2.45, 2.75) is 44.6 Å². The van der Waals surface area contributed by atoms with E-state index in [9.17, 15) is 9.18 Å². The number of anilines is 2. The van der Waals surface area contributed by atoms with E-state index in [1.54, 1.807) is 24.3 Å². The number of benzene rings is 1. The molecule has 0 bridgehead atoms. The maximum atomic E-state index is 13.7. The molecular weight excluding hydrogens is 307 g/mol. The standard InChI is InChI=1S/C18H21FN4O/c19-14-9-5-6-10-15(14)23-17-11-16(20-12-21-17)18(24)22-13-7-3-1-2-4-8-13/h5-6,9-13H,1-4,7-8H2,(H,22,24)(H,20,21,23). The Hall–Kier alpha value is -2.50. The summed E-state index contributed by atoms with van der Waals surface area (Å²) in [6.45, 7) is 0. The van der Waals surface area contributed by atoms with Crippen molar-refractivity contribution in [3.05, 3.63) is 48.2 Å². The Bertz CT molecular complexity index is 699. The zero-order chi connectivity index (χ0) is 16.8. The van der Waals surface area contributed by atoms with E-state index < -0.39 is 0 Å². The monoisotopic (exact) mass is 328 g/mol. The van der Waals surface area contributed by atoms with Crippen molar-refractivity contribution in [3.8, 4) is 0 Å². The van der Waals surface area contributed by atoms with Gasteiger partial charge in [-0.15, -0.1) is 0 Å². The summed E-state index contributed by atoms with van der Waals surface area (Å²) in [5.74, 6) is -0.192. The third-order valence-electron chi connectivity index (χ3n) is 4.23. The summed E-state index contributed by atoms with van der Waals surface area (Å²) in [6.07, 6.45) is 8.09. The van der Waals surface area contributed by atoms with Crippen molar-refractivity contribution in [1.29, 1.82) is 0 Å². The van der Waals surface area contributed by atoms with Crippen molar-refractivity contribution < 1.29 is 9.18 Å². The first-order chi connectivity index (χ1) is 11.7. The number of hydrogen-bond acceptors (Lipinski definition) is 4. The number of para-hydroxylation sites is 1. The second kappa shape index (κ2) is 7.86. The zero-order valence-corrected chi connectivity index (χ0v) is 13.5. The number of hydrogen-bond donors (Lipinski definition) is 2. The average molecular weight is 328 g/mol. The molecule has 2 aromatic rings. The van der Waals surface area contributed by atoms with E-state index >= 15 is 0 Å². The predicted molar refractivity (Wildman–Crippen MR) is 90.7 cm³/mol. The Morgan fingerprint density at radius 1 is 1.08 bits per heavy atom. The van der Waals surface area contributed by atoms with Gasteiger partial charge in [0.15, 0.2) is 0 Å². The summed E-state index contributed by atoms with van der Waals surface area (Å²) in [5.41, 5.74) is 0.597. The summed E-state index contributed by atoms with van der Waals surface area (Å²) < 4.78 is 13.7. The molecule has 1 saturated carbocycles. The molecule has 2 N–H and O–H groups in total. The van der Waals surface area contributed by atoms with Gasteiger partial charge in [0.25, 0.3) is 5.91 Å². The van der Waals surface area contributed by atoms with E-state index in [0.29, 0.717) is 11.5 Å². The minimum Gasteiger partial charge on any atom is -0.348 e. The van der Waals surface area contributed by atoms with Crippen LogP contribution in [0.1, 0.15) is 49.0 Å². The van der Waals surface area contributed by atoms with Gasteiger partial charge in [0, 0.05) is 12.1 Å². The lowest BCUT2D eigenvalue weighted by molar-refractivity contribution is 0.0928. The molecule has 5 nitrogen and oxygen atoms in total. The highest BCUT2D eigenvalue weighted by atomic mass is 19.1. The van der Waals surface area contributed by atoms with E-state index in [2.05, 4.69) is 20.6 Å². The molecule has 0 unspecified atom stereocenters. The van der Waals surface area contributed by atoms with Crippen LogP contribution in [0.25, 0.3) is 0 Å². The molecule has 1 aromatic carbocycles. The molecule has 6 heteroatoms. The average Bonchev–Trinajstić information content (AvgIpc) is 2.86. The van der Waals surface area contributed by atoms with E-state index in [1.165, 1.54) is 25.2 Å². The highest BCUT2D eigenvalue weighted by molar-refractivity contribution is 5.93. The molecule has 0 aliphatic heterocycles. The quantitative estimate of drug-likeness (QED) is 0.838. The Kier molecular flexibility index (Phi) is 5.36. The molecule has 1 amide bonds. The van der Waals surface area contributed by atoms with Crippen LogP contribution in [0.15, 0.2) is 36.7 Å². The fraction of sp³-hybridized carbons (Fsp3) is 0.389. The van der Waals surface area contributed by atoms with E-state index in [4.69, 9.17) is 0 Å². The molecule has 24 heavy (non-hydrogen) atoms. The number of aromatic nitrogens is 2. The van der Waals surface area contributed by atoms with Gasteiger partial charge in [0.2, 0.25) is 0 Å². The minimum atomic E-state index is -0.374. The minimum absolute atomic E-state index is 0.206. The van der Waals surface area contributed by atoms with Crippen molar-refractivity contribution in [2.75, 3.05) is 5.32 Å². The molecule has 1 aromatic heterocycles. The summed E-state index contributed by atoms with van der Waals surface area (Å²) in [7, 11) is 0. The number of nitrogens with one attached hydrogen (secondary N) is 2. The Morgan fingerprint density at radius 3 is 2.58 bits per heavy atom. The first-order valence-corrected chi connectivity index (χ1v) is 8.37. The molecule has 0 saturated heterocycles. The number of halogens is 1. The lowest BCUT2D eigenvalue weighted by Gasteiger charge is -2.16. The predicted octanol–water partition coefficient (Wildman–Crippen LogP) is 3.81. The van der Waals surface area contributed by atoms with Gasteiger partial charge < -0.3 is 10.6 Å². The number of amides is 1. The van der Waals surface area contributed by atoms with Crippen LogP contribution >= 0.6 is 0 Å². The molecule has 1 aliphatic carbocycles. The molecule has 126 valence electrons.